The predicted molar refractivity (Wildman–Crippen MR) is 145 cm³/mol. The lowest BCUT2D eigenvalue weighted by Gasteiger charge is -2.29. The summed E-state index contributed by atoms with van der Waals surface area (Å²) >= 11 is 5.76. The van der Waals surface area contributed by atoms with Crippen LogP contribution in [0.25, 0.3) is 5.69 Å². The molecule has 0 bridgehead atoms. The molecule has 0 aliphatic carbocycles. The normalized spacial score (nSPS) is 17.4. The van der Waals surface area contributed by atoms with Gasteiger partial charge in [-0.05, 0) is 66.8 Å². The van der Waals surface area contributed by atoms with E-state index in [2.05, 4.69) is 15.0 Å². The number of thiocarbonyl (C=S) groups is 1. The minimum absolute atomic E-state index is 0.00989. The molecule has 2 atom stereocenters. The van der Waals surface area contributed by atoms with Crippen molar-refractivity contribution in [1.82, 2.24) is 14.9 Å². The highest BCUT2D eigenvalue weighted by Crippen LogP contribution is 2.42. The number of sulfonamides is 1. The van der Waals surface area contributed by atoms with Crippen LogP contribution in [-0.2, 0) is 10.0 Å². The van der Waals surface area contributed by atoms with Gasteiger partial charge in [-0.15, -0.1) is 0 Å². The zero-order chi connectivity index (χ0) is 26.2. The van der Waals surface area contributed by atoms with Gasteiger partial charge in [0.05, 0.1) is 28.6 Å². The Balaban J connectivity index is 1.61. The third-order valence-electron chi connectivity index (χ3n) is 5.95. The number of nitrogens with one attached hydrogen (secondary N) is 2. The standard InChI is InChI=1S/C25H22N6O4S2/c1-37(34,35)28-17-10-12-18(13-11-17)30-24(23(27-25(30)36)21-8-2-3-14-26-21)22-9-5-15-29(22)19-6-4-7-20(16-19)31(32)33/h2-16,23-24,28H,1H3,(H,27,36)/t23-,24+/m1/s1. The van der Waals surface area contributed by atoms with Crippen molar-refractivity contribution in [3.63, 3.8) is 0 Å². The molecule has 1 saturated heterocycles. The van der Waals surface area contributed by atoms with E-state index in [1.54, 1.807) is 36.5 Å². The zero-order valence-corrected chi connectivity index (χ0v) is 21.2. The molecule has 12 heteroatoms. The van der Waals surface area contributed by atoms with E-state index in [1.807, 2.05) is 52.1 Å². The average Bonchev–Trinajstić information content (AvgIpc) is 3.48. The number of rotatable bonds is 7. The Labute approximate surface area is 218 Å². The fourth-order valence-electron chi connectivity index (χ4n) is 4.46. The van der Waals surface area contributed by atoms with E-state index in [0.717, 1.165) is 23.3 Å². The first-order chi connectivity index (χ1) is 17.7. The summed E-state index contributed by atoms with van der Waals surface area (Å²) in [6.45, 7) is 0. The highest BCUT2D eigenvalue weighted by Gasteiger charge is 2.42. The van der Waals surface area contributed by atoms with E-state index in [9.17, 15) is 18.5 Å². The van der Waals surface area contributed by atoms with Crippen LogP contribution in [0.15, 0.2) is 91.3 Å². The molecule has 0 amide bonds. The van der Waals surface area contributed by atoms with Crippen LogP contribution < -0.4 is 14.9 Å². The van der Waals surface area contributed by atoms with Crippen LogP contribution in [-0.4, -0.2) is 34.3 Å². The SMILES string of the molecule is CS(=O)(=O)Nc1ccc(N2C(=S)N[C@H](c3ccccn3)[C@@H]2c2cccn2-c2cccc([N+](=O)[O-])c2)cc1. The van der Waals surface area contributed by atoms with E-state index < -0.39 is 14.9 Å². The summed E-state index contributed by atoms with van der Waals surface area (Å²) < 4.78 is 27.6. The number of hydrogen-bond donors (Lipinski definition) is 2. The fourth-order valence-corrected chi connectivity index (χ4v) is 5.37. The highest BCUT2D eigenvalue weighted by atomic mass is 32.2. The summed E-state index contributed by atoms with van der Waals surface area (Å²) in [5.74, 6) is 0. The van der Waals surface area contributed by atoms with Gasteiger partial charge in [0.25, 0.3) is 5.69 Å². The third-order valence-corrected chi connectivity index (χ3v) is 6.87. The Kier molecular flexibility index (Phi) is 6.36. The number of benzene rings is 2. The van der Waals surface area contributed by atoms with Crippen molar-refractivity contribution >= 4 is 44.4 Å². The topological polar surface area (TPSA) is 122 Å². The van der Waals surface area contributed by atoms with Gasteiger partial charge in [-0.2, -0.15) is 0 Å². The summed E-state index contributed by atoms with van der Waals surface area (Å²) in [5, 5.41) is 15.3. The summed E-state index contributed by atoms with van der Waals surface area (Å²) in [4.78, 5) is 17.5. The number of anilines is 2. The van der Waals surface area contributed by atoms with Crippen LogP contribution in [0, 0.1) is 10.1 Å². The molecule has 4 aromatic rings. The monoisotopic (exact) mass is 534 g/mol. The Bertz CT molecular complexity index is 1570. The number of hydrogen-bond acceptors (Lipinski definition) is 6. The van der Waals surface area contributed by atoms with Crippen molar-refractivity contribution in [1.29, 1.82) is 0 Å². The maximum absolute atomic E-state index is 11.6. The molecule has 3 heterocycles. The Morgan fingerprint density at radius 2 is 1.81 bits per heavy atom. The molecule has 0 unspecified atom stereocenters. The average molecular weight is 535 g/mol. The molecule has 0 saturated carbocycles. The first-order valence-electron chi connectivity index (χ1n) is 11.2. The van der Waals surface area contributed by atoms with Gasteiger partial charge in [0.1, 0.15) is 6.04 Å². The largest absolute Gasteiger partial charge is 0.351 e. The molecule has 10 nitrogen and oxygen atoms in total. The zero-order valence-electron chi connectivity index (χ0n) is 19.6. The van der Waals surface area contributed by atoms with Gasteiger partial charge in [0.2, 0.25) is 10.0 Å². The molecule has 2 N–H and O–H groups in total. The van der Waals surface area contributed by atoms with Crippen molar-refractivity contribution in [2.24, 2.45) is 0 Å². The van der Waals surface area contributed by atoms with E-state index in [1.165, 1.54) is 12.1 Å². The van der Waals surface area contributed by atoms with Gasteiger partial charge in [-0.1, -0.05) is 12.1 Å². The van der Waals surface area contributed by atoms with E-state index >= 15 is 0 Å². The number of pyridine rings is 1. The Morgan fingerprint density at radius 3 is 2.49 bits per heavy atom. The quantitative estimate of drug-likeness (QED) is 0.204. The lowest BCUT2D eigenvalue weighted by atomic mass is 10.0. The van der Waals surface area contributed by atoms with Crippen LogP contribution in [0.1, 0.15) is 23.5 Å². The molecule has 1 aliphatic rings. The Morgan fingerprint density at radius 1 is 1.03 bits per heavy atom. The molecule has 188 valence electrons. The molecule has 1 aliphatic heterocycles. The number of aromatic nitrogens is 2. The number of nitro groups is 1. The summed E-state index contributed by atoms with van der Waals surface area (Å²) in [6.07, 6.45) is 4.66. The van der Waals surface area contributed by atoms with Crippen LogP contribution in [0.3, 0.4) is 0 Å². The summed E-state index contributed by atoms with van der Waals surface area (Å²) in [6, 6.07) is 22.1. The molecule has 37 heavy (non-hydrogen) atoms. The third kappa shape index (κ3) is 5.01. The van der Waals surface area contributed by atoms with Crippen LogP contribution in [0.4, 0.5) is 17.1 Å². The van der Waals surface area contributed by atoms with Crippen molar-refractivity contribution in [2.75, 3.05) is 15.9 Å². The molecule has 0 radical (unpaired) electrons. The predicted octanol–water partition coefficient (Wildman–Crippen LogP) is 4.33. The second-order valence-electron chi connectivity index (χ2n) is 8.50. The van der Waals surface area contributed by atoms with Crippen LogP contribution in [0.5, 0.6) is 0 Å². The lowest BCUT2D eigenvalue weighted by molar-refractivity contribution is -0.384. The minimum Gasteiger partial charge on any atom is -0.351 e. The second kappa shape index (κ2) is 9.64. The molecule has 5 rings (SSSR count). The first kappa shape index (κ1) is 24.4. The van der Waals surface area contributed by atoms with E-state index in [-0.39, 0.29) is 17.8 Å². The van der Waals surface area contributed by atoms with E-state index in [0.29, 0.717) is 16.5 Å². The smallest absolute Gasteiger partial charge is 0.271 e. The minimum atomic E-state index is -3.42. The first-order valence-corrected chi connectivity index (χ1v) is 13.5. The van der Waals surface area contributed by atoms with Gasteiger partial charge < -0.3 is 14.8 Å². The summed E-state index contributed by atoms with van der Waals surface area (Å²) in [5.41, 5.74) is 3.42. The van der Waals surface area contributed by atoms with Crippen LogP contribution in [0.2, 0.25) is 0 Å². The summed E-state index contributed by atoms with van der Waals surface area (Å²) in [7, 11) is -3.42. The highest BCUT2D eigenvalue weighted by molar-refractivity contribution is 7.92. The van der Waals surface area contributed by atoms with Gasteiger partial charge >= 0.3 is 0 Å². The van der Waals surface area contributed by atoms with E-state index in [4.69, 9.17) is 12.2 Å². The van der Waals surface area contributed by atoms with Crippen molar-refractivity contribution in [2.45, 2.75) is 12.1 Å². The number of non-ortho nitro benzene ring substituents is 1. The molecule has 2 aromatic carbocycles. The molecule has 1 fully saturated rings. The Hall–Kier alpha value is -4.29. The molecule has 2 aromatic heterocycles. The van der Waals surface area contributed by atoms with Gasteiger partial charge in [-0.3, -0.25) is 19.8 Å². The van der Waals surface area contributed by atoms with Crippen molar-refractivity contribution in [3.05, 3.63) is 113 Å². The maximum Gasteiger partial charge on any atom is 0.271 e. The lowest BCUT2D eigenvalue weighted by Crippen LogP contribution is -2.30. The second-order valence-corrected chi connectivity index (χ2v) is 10.6. The van der Waals surface area contributed by atoms with Gasteiger partial charge in [-0.25, -0.2) is 8.42 Å². The van der Waals surface area contributed by atoms with Crippen molar-refractivity contribution < 1.29 is 13.3 Å². The molecular weight excluding hydrogens is 512 g/mol. The molecule has 0 spiro atoms. The fraction of sp³-hybridized carbons (Fsp3) is 0.120. The number of nitrogens with zero attached hydrogens (tertiary/aromatic N) is 4. The molecular formula is C25H22N6O4S2. The van der Waals surface area contributed by atoms with Gasteiger partial charge in [0.15, 0.2) is 5.11 Å². The maximum atomic E-state index is 11.6. The van der Waals surface area contributed by atoms with Crippen molar-refractivity contribution in [3.8, 4) is 5.69 Å². The van der Waals surface area contributed by atoms with Gasteiger partial charge in [0, 0.05) is 41.6 Å². The van der Waals surface area contributed by atoms with Crippen LogP contribution >= 0.6 is 12.2 Å². The number of nitro benzene ring substituents is 1.